The van der Waals surface area contributed by atoms with Crippen molar-refractivity contribution >= 4 is 73.4 Å². The molecule has 0 unspecified atom stereocenters. The maximum absolute atomic E-state index is 12.9. The molecular formula is C18H16ClN6NaO8S2. The molecule has 186 valence electrons. The summed E-state index contributed by atoms with van der Waals surface area (Å²) in [6.07, 6.45) is 0. The van der Waals surface area contributed by atoms with E-state index < -0.39 is 51.7 Å². The molecule has 0 saturated carbocycles. The third-order valence-corrected chi connectivity index (χ3v) is 6.29. The zero-order valence-electron chi connectivity index (χ0n) is 18.6. The fourth-order valence-corrected chi connectivity index (χ4v) is 4.55. The Balaban J connectivity index is 0.00000456. The number of carbonyl (C=O) groups excluding carboxylic acids is 4. The summed E-state index contributed by atoms with van der Waals surface area (Å²) < 4.78 is 34.5. The quantitative estimate of drug-likeness (QED) is 0.0687. The van der Waals surface area contributed by atoms with Crippen molar-refractivity contribution in [1.29, 1.82) is 0 Å². The summed E-state index contributed by atoms with van der Waals surface area (Å²) in [4.78, 5) is 58.0. The second-order valence-electron chi connectivity index (χ2n) is 6.69. The molecule has 1 saturated heterocycles. The van der Waals surface area contributed by atoms with Crippen LogP contribution in [0.15, 0.2) is 40.9 Å². The summed E-state index contributed by atoms with van der Waals surface area (Å²) >= 11 is 6.36. The topological polar surface area (TPSA) is 199 Å². The molecule has 2 aromatic rings. The fraction of sp³-hybridized carbons (Fsp3) is 0.222. The number of nitrogens with zero attached hydrogens (tertiary/aromatic N) is 3. The third-order valence-electron chi connectivity index (χ3n) is 4.40. The molecule has 1 aromatic carbocycles. The van der Waals surface area contributed by atoms with E-state index in [4.69, 9.17) is 11.6 Å². The standard InChI is InChI=1S/C18H17ClN6O8S2.Na/c1-33-24-12(10-8-34-18(21-10)22-11(26)7-19)15(27)23-13-14(25(17(13)29)35(30,31)32)16(28)20-9-5-3-2-4-6-9;/h2-6,8,13-14H,7H2,1H3,(H,20,28)(H,23,27)(H,21,22,26)(H,30,31,32);/q;+1/p-1/b24-12-;/t13-,14-;/m1./s1. The Morgan fingerprint density at radius 3 is 2.50 bits per heavy atom. The van der Waals surface area contributed by atoms with Crippen molar-refractivity contribution in [2.45, 2.75) is 12.1 Å². The minimum absolute atomic E-state index is 0. The van der Waals surface area contributed by atoms with E-state index in [0.717, 1.165) is 18.4 Å². The number of alkyl halides is 1. The van der Waals surface area contributed by atoms with Gasteiger partial charge in [0.2, 0.25) is 5.91 Å². The number of β-lactam (4-membered cyclic amide) rings is 1. The van der Waals surface area contributed by atoms with E-state index in [1.807, 2.05) is 0 Å². The van der Waals surface area contributed by atoms with Crippen LogP contribution in [0.1, 0.15) is 5.69 Å². The van der Waals surface area contributed by atoms with Gasteiger partial charge in [-0.05, 0) is 12.1 Å². The first-order chi connectivity index (χ1) is 16.6. The smallest absolute Gasteiger partial charge is 0.731 e. The number of aromatic nitrogens is 1. The molecule has 0 radical (unpaired) electrons. The number of rotatable bonds is 9. The van der Waals surface area contributed by atoms with Gasteiger partial charge in [-0.2, -0.15) is 0 Å². The van der Waals surface area contributed by atoms with E-state index in [1.165, 1.54) is 17.5 Å². The van der Waals surface area contributed by atoms with Crippen LogP contribution in [0.5, 0.6) is 0 Å². The summed E-state index contributed by atoms with van der Waals surface area (Å²) in [6.45, 7) is 0. The molecule has 1 aliphatic heterocycles. The summed E-state index contributed by atoms with van der Waals surface area (Å²) in [5.41, 5.74) is -0.251. The molecule has 36 heavy (non-hydrogen) atoms. The van der Waals surface area contributed by atoms with E-state index in [1.54, 1.807) is 18.2 Å². The zero-order chi connectivity index (χ0) is 25.8. The normalized spacial score (nSPS) is 17.4. The van der Waals surface area contributed by atoms with Crippen molar-refractivity contribution in [2.24, 2.45) is 5.16 Å². The van der Waals surface area contributed by atoms with Crippen LogP contribution in [0.25, 0.3) is 0 Å². The van der Waals surface area contributed by atoms with Crippen LogP contribution >= 0.6 is 22.9 Å². The second kappa shape index (κ2) is 12.6. The van der Waals surface area contributed by atoms with Crippen LogP contribution in [0.4, 0.5) is 10.8 Å². The van der Waals surface area contributed by atoms with Gasteiger partial charge in [0.05, 0.1) is 0 Å². The summed E-state index contributed by atoms with van der Waals surface area (Å²) in [7, 11) is -4.23. The number of hydrogen-bond donors (Lipinski definition) is 3. The van der Waals surface area contributed by atoms with Crippen LogP contribution in [0, 0.1) is 0 Å². The van der Waals surface area contributed by atoms with Gasteiger partial charge >= 0.3 is 29.6 Å². The molecule has 1 fully saturated rings. The van der Waals surface area contributed by atoms with Crippen LogP contribution < -0.4 is 45.5 Å². The number of anilines is 2. The first-order valence-corrected chi connectivity index (χ1v) is 12.2. The fourth-order valence-electron chi connectivity index (χ4n) is 2.95. The molecule has 4 amide bonds. The summed E-state index contributed by atoms with van der Waals surface area (Å²) in [5.74, 6) is -4.28. The Labute approximate surface area is 235 Å². The van der Waals surface area contributed by atoms with E-state index >= 15 is 0 Å². The Morgan fingerprint density at radius 2 is 1.92 bits per heavy atom. The van der Waals surface area contributed by atoms with Gasteiger partial charge in [-0.15, -0.1) is 22.9 Å². The summed E-state index contributed by atoms with van der Waals surface area (Å²) in [5, 5.41) is 11.9. The van der Waals surface area contributed by atoms with Crippen molar-refractivity contribution in [2.75, 3.05) is 23.6 Å². The van der Waals surface area contributed by atoms with Crippen molar-refractivity contribution < 1.29 is 66.5 Å². The van der Waals surface area contributed by atoms with Crippen molar-refractivity contribution in [3.63, 3.8) is 0 Å². The zero-order valence-corrected chi connectivity index (χ0v) is 23.0. The second-order valence-corrected chi connectivity index (χ2v) is 9.06. The molecular weight excluding hydrogens is 551 g/mol. The Hall–Kier alpha value is -2.60. The monoisotopic (exact) mass is 566 g/mol. The van der Waals surface area contributed by atoms with Crippen LogP contribution in [0.2, 0.25) is 0 Å². The molecule has 0 spiro atoms. The first kappa shape index (κ1) is 29.6. The van der Waals surface area contributed by atoms with Gasteiger partial charge in [0.15, 0.2) is 27.2 Å². The number of amides is 4. The number of thiazole rings is 1. The molecule has 3 rings (SSSR count). The molecule has 0 bridgehead atoms. The molecule has 1 aliphatic rings. The molecule has 3 N–H and O–H groups in total. The van der Waals surface area contributed by atoms with Gasteiger partial charge in [0.1, 0.15) is 24.7 Å². The van der Waals surface area contributed by atoms with E-state index in [2.05, 4.69) is 30.9 Å². The van der Waals surface area contributed by atoms with Crippen LogP contribution in [-0.2, 0) is 34.3 Å². The van der Waals surface area contributed by atoms with Gasteiger partial charge in [0.25, 0.3) is 17.7 Å². The molecule has 2 heterocycles. The largest absolute Gasteiger partial charge is 1.00 e. The number of carbonyl (C=O) groups is 4. The summed E-state index contributed by atoms with van der Waals surface area (Å²) in [6, 6.07) is 4.28. The van der Waals surface area contributed by atoms with Gasteiger partial charge in [-0.3, -0.25) is 19.2 Å². The maximum Gasteiger partial charge on any atom is 1.00 e. The van der Waals surface area contributed by atoms with Gasteiger partial charge in [-0.25, -0.2) is 17.7 Å². The Kier molecular flexibility index (Phi) is 10.4. The van der Waals surface area contributed by atoms with E-state index in [9.17, 15) is 32.1 Å². The molecule has 14 nitrogen and oxygen atoms in total. The van der Waals surface area contributed by atoms with E-state index in [0.29, 0.717) is 0 Å². The van der Waals surface area contributed by atoms with E-state index in [-0.39, 0.29) is 56.3 Å². The van der Waals surface area contributed by atoms with Crippen molar-refractivity contribution in [1.82, 2.24) is 14.6 Å². The van der Waals surface area contributed by atoms with Gasteiger partial charge < -0.3 is 25.3 Å². The third kappa shape index (κ3) is 6.78. The number of benzene rings is 1. The average Bonchev–Trinajstić information content (AvgIpc) is 3.26. The Bertz CT molecular complexity index is 1290. The first-order valence-electron chi connectivity index (χ1n) is 9.45. The number of halogens is 1. The minimum Gasteiger partial charge on any atom is -0.731 e. The van der Waals surface area contributed by atoms with Crippen molar-refractivity contribution in [3.05, 3.63) is 41.4 Å². The van der Waals surface area contributed by atoms with Gasteiger partial charge in [0, 0.05) is 11.1 Å². The number of oxime groups is 1. The molecule has 1 aromatic heterocycles. The van der Waals surface area contributed by atoms with Gasteiger partial charge in [-0.1, -0.05) is 23.4 Å². The molecule has 18 heteroatoms. The number of para-hydroxylation sites is 1. The number of nitrogens with one attached hydrogen (secondary N) is 3. The average molecular weight is 567 g/mol. The molecule has 2 atom stereocenters. The maximum atomic E-state index is 12.9. The molecule has 0 aliphatic carbocycles. The van der Waals surface area contributed by atoms with Crippen LogP contribution in [-0.4, -0.2) is 76.7 Å². The minimum atomic E-state index is -5.36. The van der Waals surface area contributed by atoms with Crippen molar-refractivity contribution in [3.8, 4) is 0 Å². The Morgan fingerprint density at radius 1 is 1.25 bits per heavy atom. The van der Waals surface area contributed by atoms with Crippen LogP contribution in [0.3, 0.4) is 0 Å². The predicted molar refractivity (Wildman–Crippen MR) is 122 cm³/mol. The SMILES string of the molecule is CO/N=C(\C(=O)N[C@H]1C(=O)N(S(=O)(=O)[O-])[C@H]1C(=O)Nc1ccccc1)c1csc(NC(=O)CCl)n1.[Na+]. The number of hydrogen-bond acceptors (Lipinski definition) is 11. The predicted octanol–water partition coefficient (Wildman–Crippen LogP) is -3.53.